The van der Waals surface area contributed by atoms with Crippen LogP contribution in [0.4, 0.5) is 0 Å². The zero-order chi connectivity index (χ0) is 18.1. The van der Waals surface area contributed by atoms with Gasteiger partial charge in [0.15, 0.2) is 5.69 Å². The van der Waals surface area contributed by atoms with Gasteiger partial charge in [0.25, 0.3) is 11.5 Å². The van der Waals surface area contributed by atoms with Crippen LogP contribution in [0, 0.1) is 13.8 Å². The third-order valence-corrected chi connectivity index (χ3v) is 3.98. The van der Waals surface area contributed by atoms with Crippen LogP contribution < -0.4 is 5.56 Å². The summed E-state index contributed by atoms with van der Waals surface area (Å²) < 4.78 is 3.37. The molecular formula is C17H22N6O2. The van der Waals surface area contributed by atoms with Gasteiger partial charge in [0.05, 0.1) is 17.9 Å². The van der Waals surface area contributed by atoms with Crippen LogP contribution in [-0.2, 0) is 13.1 Å². The molecule has 132 valence electrons. The van der Waals surface area contributed by atoms with E-state index in [0.717, 1.165) is 24.4 Å². The predicted molar refractivity (Wildman–Crippen MR) is 93.6 cm³/mol. The molecule has 0 aliphatic heterocycles. The lowest BCUT2D eigenvalue weighted by Crippen LogP contribution is -2.28. The van der Waals surface area contributed by atoms with Crippen LogP contribution in [-0.4, -0.2) is 42.2 Å². The van der Waals surface area contributed by atoms with E-state index in [-0.39, 0.29) is 17.2 Å². The Bertz CT molecular complexity index is 981. The van der Waals surface area contributed by atoms with Gasteiger partial charge in [0.1, 0.15) is 5.52 Å². The summed E-state index contributed by atoms with van der Waals surface area (Å²) >= 11 is 0. The lowest BCUT2D eigenvalue weighted by atomic mass is 10.3. The number of rotatable bonds is 5. The van der Waals surface area contributed by atoms with Crippen LogP contribution in [0.15, 0.2) is 23.1 Å². The fourth-order valence-electron chi connectivity index (χ4n) is 2.87. The second-order valence-corrected chi connectivity index (χ2v) is 6.29. The van der Waals surface area contributed by atoms with Gasteiger partial charge in [-0.2, -0.15) is 10.2 Å². The number of aryl methyl sites for hydroxylation is 3. The van der Waals surface area contributed by atoms with Gasteiger partial charge in [-0.3, -0.25) is 14.3 Å². The van der Waals surface area contributed by atoms with Crippen molar-refractivity contribution in [1.29, 1.82) is 0 Å². The van der Waals surface area contributed by atoms with Crippen LogP contribution in [0.5, 0.6) is 0 Å². The number of amides is 1. The van der Waals surface area contributed by atoms with Crippen LogP contribution in [0.1, 0.15) is 40.9 Å². The topological polar surface area (TPSA) is 88.3 Å². The first-order valence-corrected chi connectivity index (χ1v) is 8.27. The molecule has 3 aromatic rings. The maximum absolute atomic E-state index is 12.7. The van der Waals surface area contributed by atoms with Crippen molar-refractivity contribution in [2.75, 3.05) is 7.05 Å². The third-order valence-electron chi connectivity index (χ3n) is 3.98. The number of fused-ring (bicyclic) bond motifs is 1. The molecule has 25 heavy (non-hydrogen) atoms. The van der Waals surface area contributed by atoms with Crippen molar-refractivity contribution in [1.82, 2.24) is 29.3 Å². The lowest BCUT2D eigenvalue weighted by Gasteiger charge is -2.16. The Balaban J connectivity index is 1.85. The fourth-order valence-corrected chi connectivity index (χ4v) is 2.87. The Morgan fingerprint density at radius 3 is 2.76 bits per heavy atom. The Labute approximate surface area is 145 Å². The Morgan fingerprint density at radius 1 is 1.28 bits per heavy atom. The molecule has 3 rings (SSSR count). The van der Waals surface area contributed by atoms with E-state index in [9.17, 15) is 9.59 Å². The second kappa shape index (κ2) is 6.54. The maximum atomic E-state index is 12.7. The van der Waals surface area contributed by atoms with Gasteiger partial charge in [-0.05, 0) is 26.3 Å². The average molecular weight is 342 g/mol. The van der Waals surface area contributed by atoms with E-state index in [1.807, 2.05) is 17.7 Å². The average Bonchev–Trinajstić information content (AvgIpc) is 3.11. The molecule has 3 heterocycles. The predicted octanol–water partition coefficient (Wildman–Crippen LogP) is 1.52. The number of nitrogens with one attached hydrogen (secondary N) is 1. The normalized spacial score (nSPS) is 11.2. The fraction of sp³-hybridized carbons (Fsp3) is 0.412. The van der Waals surface area contributed by atoms with Gasteiger partial charge < -0.3 is 9.88 Å². The zero-order valence-corrected chi connectivity index (χ0v) is 14.9. The van der Waals surface area contributed by atoms with Gasteiger partial charge in [0, 0.05) is 31.5 Å². The summed E-state index contributed by atoms with van der Waals surface area (Å²) in [5, 5.41) is 8.70. The van der Waals surface area contributed by atoms with E-state index in [2.05, 4.69) is 22.1 Å². The largest absolute Gasteiger partial charge is 0.334 e. The first kappa shape index (κ1) is 16.9. The number of carbonyl (C=O) groups is 1. The standard InChI is InChI=1S/C17H22N6O2/c1-5-6-22-13(7-11(2)19-22)10-21(4)17(25)14-8-15-16(24)18-12(3)9-23(15)20-14/h7-9H,5-6,10H2,1-4H3,(H,18,24). The summed E-state index contributed by atoms with van der Waals surface area (Å²) in [6.45, 7) is 7.05. The van der Waals surface area contributed by atoms with Gasteiger partial charge >= 0.3 is 0 Å². The summed E-state index contributed by atoms with van der Waals surface area (Å²) in [6.07, 6.45) is 2.66. The van der Waals surface area contributed by atoms with Crippen molar-refractivity contribution in [3.05, 3.63) is 51.5 Å². The quantitative estimate of drug-likeness (QED) is 0.761. The van der Waals surface area contributed by atoms with Crippen molar-refractivity contribution in [3.8, 4) is 0 Å². The van der Waals surface area contributed by atoms with Crippen LogP contribution >= 0.6 is 0 Å². The summed E-state index contributed by atoms with van der Waals surface area (Å²) in [6, 6.07) is 3.50. The zero-order valence-electron chi connectivity index (χ0n) is 14.9. The highest BCUT2D eigenvalue weighted by molar-refractivity contribution is 5.93. The van der Waals surface area contributed by atoms with E-state index in [1.54, 1.807) is 25.1 Å². The molecule has 0 aromatic carbocycles. The second-order valence-electron chi connectivity index (χ2n) is 6.29. The van der Waals surface area contributed by atoms with Crippen molar-refractivity contribution < 1.29 is 4.79 Å². The van der Waals surface area contributed by atoms with Gasteiger partial charge in [-0.15, -0.1) is 0 Å². The molecule has 1 N–H and O–H groups in total. The van der Waals surface area contributed by atoms with E-state index in [4.69, 9.17) is 0 Å². The Morgan fingerprint density at radius 2 is 2.04 bits per heavy atom. The highest BCUT2D eigenvalue weighted by Crippen LogP contribution is 2.11. The van der Waals surface area contributed by atoms with Gasteiger partial charge in [-0.25, -0.2) is 4.52 Å². The number of hydrogen-bond donors (Lipinski definition) is 1. The molecule has 1 amide bonds. The molecule has 0 aliphatic carbocycles. The molecule has 0 fully saturated rings. The maximum Gasteiger partial charge on any atom is 0.274 e. The smallest absolute Gasteiger partial charge is 0.274 e. The number of carbonyl (C=O) groups excluding carboxylic acids is 1. The first-order chi connectivity index (χ1) is 11.9. The summed E-state index contributed by atoms with van der Waals surface area (Å²) in [5.41, 5.74) is 2.94. The summed E-state index contributed by atoms with van der Waals surface area (Å²) in [7, 11) is 1.72. The molecule has 8 heteroatoms. The molecule has 8 nitrogen and oxygen atoms in total. The number of nitrogens with zero attached hydrogens (tertiary/aromatic N) is 5. The van der Waals surface area contributed by atoms with Crippen LogP contribution in [0.25, 0.3) is 5.52 Å². The summed E-state index contributed by atoms with van der Waals surface area (Å²) in [4.78, 5) is 29.0. The van der Waals surface area contributed by atoms with E-state index in [0.29, 0.717) is 17.8 Å². The lowest BCUT2D eigenvalue weighted by molar-refractivity contribution is 0.0775. The Hall–Kier alpha value is -2.90. The molecule has 0 spiro atoms. The van der Waals surface area contributed by atoms with Crippen LogP contribution in [0.3, 0.4) is 0 Å². The monoisotopic (exact) mass is 342 g/mol. The summed E-state index contributed by atoms with van der Waals surface area (Å²) in [5.74, 6) is -0.234. The van der Waals surface area contributed by atoms with Crippen LogP contribution in [0.2, 0.25) is 0 Å². The van der Waals surface area contributed by atoms with E-state index in [1.165, 1.54) is 10.6 Å². The first-order valence-electron chi connectivity index (χ1n) is 8.27. The minimum absolute atomic E-state index is 0.234. The van der Waals surface area contributed by atoms with Crippen molar-refractivity contribution >= 4 is 11.4 Å². The molecule has 0 atom stereocenters. The number of aromatic amines is 1. The van der Waals surface area contributed by atoms with E-state index < -0.39 is 0 Å². The highest BCUT2D eigenvalue weighted by Gasteiger charge is 2.19. The van der Waals surface area contributed by atoms with Gasteiger partial charge in [0.2, 0.25) is 0 Å². The number of hydrogen-bond acceptors (Lipinski definition) is 4. The molecule has 3 aromatic heterocycles. The third kappa shape index (κ3) is 3.33. The molecule has 0 bridgehead atoms. The minimum Gasteiger partial charge on any atom is -0.334 e. The van der Waals surface area contributed by atoms with Gasteiger partial charge in [-0.1, -0.05) is 6.92 Å². The molecule has 0 saturated carbocycles. The minimum atomic E-state index is -0.258. The van der Waals surface area contributed by atoms with Crippen molar-refractivity contribution in [2.24, 2.45) is 0 Å². The number of aromatic nitrogens is 5. The number of H-pyrrole nitrogens is 1. The van der Waals surface area contributed by atoms with Crippen molar-refractivity contribution in [3.63, 3.8) is 0 Å². The molecular weight excluding hydrogens is 320 g/mol. The molecule has 0 aliphatic rings. The highest BCUT2D eigenvalue weighted by atomic mass is 16.2. The Kier molecular flexibility index (Phi) is 4.43. The molecule has 0 unspecified atom stereocenters. The van der Waals surface area contributed by atoms with Crippen molar-refractivity contribution in [2.45, 2.75) is 40.3 Å². The molecule has 0 radical (unpaired) electrons. The van der Waals surface area contributed by atoms with E-state index >= 15 is 0 Å². The molecule has 0 saturated heterocycles. The SMILES string of the molecule is CCCn1nc(C)cc1CN(C)C(=O)c1cc2c(=O)[nH]c(C)cn2n1.